The first-order valence-corrected chi connectivity index (χ1v) is 9.46. The lowest BCUT2D eigenvalue weighted by Crippen LogP contribution is -2.32. The molecule has 1 unspecified atom stereocenters. The van der Waals surface area contributed by atoms with E-state index >= 15 is 0 Å². The van der Waals surface area contributed by atoms with Crippen LogP contribution in [0, 0.1) is 0 Å². The van der Waals surface area contributed by atoms with E-state index in [1.54, 1.807) is 0 Å². The largest absolute Gasteiger partial charge is 0.357 e. The molecule has 5 nitrogen and oxygen atoms in total. The van der Waals surface area contributed by atoms with Crippen LogP contribution in [0.25, 0.3) is 10.9 Å². The lowest BCUT2D eigenvalue weighted by molar-refractivity contribution is -0.133. The van der Waals surface area contributed by atoms with Crippen LogP contribution >= 0.6 is 0 Å². The van der Waals surface area contributed by atoms with Crippen LogP contribution in [-0.4, -0.2) is 25.8 Å². The number of aryl methyl sites for hydroxylation is 2. The normalized spacial score (nSPS) is 18.8. The Morgan fingerprint density at radius 3 is 3.08 bits per heavy atom. The third-order valence-electron chi connectivity index (χ3n) is 5.75. The van der Waals surface area contributed by atoms with Crippen molar-refractivity contribution in [1.82, 2.24) is 19.9 Å². The second-order valence-corrected chi connectivity index (χ2v) is 7.31. The Labute approximate surface area is 152 Å². The van der Waals surface area contributed by atoms with Gasteiger partial charge in [0.25, 0.3) is 0 Å². The minimum atomic E-state index is -0.0703. The van der Waals surface area contributed by atoms with Crippen molar-refractivity contribution >= 4 is 16.8 Å². The summed E-state index contributed by atoms with van der Waals surface area (Å²) in [5.41, 5.74) is 5.69. The van der Waals surface area contributed by atoms with Crippen LogP contribution in [0.4, 0.5) is 0 Å². The van der Waals surface area contributed by atoms with Crippen molar-refractivity contribution in [3.8, 4) is 0 Å². The summed E-state index contributed by atoms with van der Waals surface area (Å²) >= 11 is 0. The Morgan fingerprint density at radius 1 is 1.31 bits per heavy atom. The number of rotatable bonds is 2. The van der Waals surface area contributed by atoms with Gasteiger partial charge in [-0.2, -0.15) is 0 Å². The molecule has 26 heavy (non-hydrogen) atoms. The fourth-order valence-corrected chi connectivity index (χ4v) is 4.40. The first-order valence-electron chi connectivity index (χ1n) is 9.46. The van der Waals surface area contributed by atoms with Crippen molar-refractivity contribution in [3.63, 3.8) is 0 Å². The minimum absolute atomic E-state index is 0.0703. The number of H-pyrrole nitrogens is 1. The van der Waals surface area contributed by atoms with E-state index in [0.717, 1.165) is 54.0 Å². The molecule has 1 aliphatic carbocycles. The predicted molar refractivity (Wildman–Crippen MR) is 99.6 cm³/mol. The maximum absolute atomic E-state index is 13.3. The number of hydrogen-bond donors (Lipinski definition) is 1. The molecule has 2 aromatic heterocycles. The molecule has 0 bridgehead atoms. The van der Waals surface area contributed by atoms with Crippen LogP contribution < -0.4 is 0 Å². The molecule has 132 valence electrons. The Hall–Kier alpha value is -2.69. The minimum Gasteiger partial charge on any atom is -0.357 e. The van der Waals surface area contributed by atoms with E-state index in [4.69, 9.17) is 0 Å². The Bertz CT molecular complexity index is 1010. The number of fused-ring (bicyclic) bond motifs is 4. The summed E-state index contributed by atoms with van der Waals surface area (Å²) in [6, 6.07) is 8.37. The van der Waals surface area contributed by atoms with E-state index in [1.165, 1.54) is 10.9 Å². The maximum atomic E-state index is 13.3. The average molecular weight is 346 g/mol. The number of para-hydroxylation sites is 1. The molecule has 1 aromatic carbocycles. The number of carbonyl (C=O) groups excluding carboxylic acids is 1. The molecule has 0 spiro atoms. The molecule has 1 atom stereocenters. The van der Waals surface area contributed by atoms with Crippen molar-refractivity contribution in [2.75, 3.05) is 0 Å². The molecule has 2 aliphatic rings. The highest BCUT2D eigenvalue weighted by Crippen LogP contribution is 2.38. The smallest absolute Gasteiger partial charge is 0.232 e. The summed E-state index contributed by atoms with van der Waals surface area (Å²) in [4.78, 5) is 27.8. The van der Waals surface area contributed by atoms with Gasteiger partial charge in [-0.3, -0.25) is 4.79 Å². The van der Waals surface area contributed by atoms with Crippen molar-refractivity contribution < 1.29 is 4.79 Å². The zero-order valence-corrected chi connectivity index (χ0v) is 15.0. The third-order valence-corrected chi connectivity index (χ3v) is 5.75. The average Bonchev–Trinajstić information content (AvgIpc) is 3.27. The zero-order chi connectivity index (χ0) is 17.7. The van der Waals surface area contributed by atoms with E-state index in [-0.39, 0.29) is 11.8 Å². The fraction of sp³-hybridized carbons (Fsp3) is 0.381. The highest BCUT2D eigenvalue weighted by molar-refractivity contribution is 5.90. The summed E-state index contributed by atoms with van der Waals surface area (Å²) in [6.45, 7) is 3.29. The van der Waals surface area contributed by atoms with E-state index < -0.39 is 0 Å². The summed E-state index contributed by atoms with van der Waals surface area (Å²) in [5.74, 6) is 1.00. The number of aromatic amines is 1. The van der Waals surface area contributed by atoms with E-state index in [9.17, 15) is 4.79 Å². The molecule has 0 saturated heterocycles. The number of benzene rings is 1. The van der Waals surface area contributed by atoms with Crippen molar-refractivity contribution in [2.24, 2.45) is 0 Å². The van der Waals surface area contributed by atoms with E-state index in [1.807, 2.05) is 17.2 Å². The number of carbonyl (C=O) groups is 1. The van der Waals surface area contributed by atoms with Crippen LogP contribution in [0.15, 0.2) is 30.5 Å². The molecule has 0 fully saturated rings. The second kappa shape index (κ2) is 5.94. The predicted octanol–water partition coefficient (Wildman–Crippen LogP) is 3.48. The Morgan fingerprint density at radius 2 is 2.19 bits per heavy atom. The molecular weight excluding hydrogens is 324 g/mol. The Kier molecular flexibility index (Phi) is 3.55. The molecule has 5 rings (SSSR count). The van der Waals surface area contributed by atoms with E-state index in [2.05, 4.69) is 40.1 Å². The Balaban J connectivity index is 1.46. The van der Waals surface area contributed by atoms with Crippen molar-refractivity contribution in [1.29, 1.82) is 0 Å². The third kappa shape index (κ3) is 2.34. The topological polar surface area (TPSA) is 61.9 Å². The lowest BCUT2D eigenvalue weighted by Gasteiger charge is -2.26. The van der Waals surface area contributed by atoms with Gasteiger partial charge in [0.2, 0.25) is 5.91 Å². The first kappa shape index (κ1) is 15.6. The highest BCUT2D eigenvalue weighted by atomic mass is 16.2. The molecule has 0 saturated carbocycles. The molecule has 0 radical (unpaired) electrons. The molecule has 3 heterocycles. The lowest BCUT2D eigenvalue weighted by atomic mass is 9.86. The van der Waals surface area contributed by atoms with Gasteiger partial charge >= 0.3 is 0 Å². The van der Waals surface area contributed by atoms with Crippen LogP contribution in [0.1, 0.15) is 54.0 Å². The van der Waals surface area contributed by atoms with Crippen LogP contribution in [0.3, 0.4) is 0 Å². The van der Waals surface area contributed by atoms with Crippen molar-refractivity contribution in [2.45, 2.75) is 51.6 Å². The van der Waals surface area contributed by atoms with Crippen LogP contribution in [0.2, 0.25) is 0 Å². The summed E-state index contributed by atoms with van der Waals surface area (Å²) in [5, 5.41) is 1.27. The summed E-state index contributed by atoms with van der Waals surface area (Å²) < 4.78 is 0. The maximum Gasteiger partial charge on any atom is 0.232 e. The van der Waals surface area contributed by atoms with E-state index in [0.29, 0.717) is 13.1 Å². The SMILES string of the molecule is CCc1ncc2c(n1)CN(C(=O)C1CCCc3c1[nH]c1ccccc31)C2. The molecule has 1 aliphatic heterocycles. The highest BCUT2D eigenvalue weighted by Gasteiger charge is 2.35. The van der Waals surface area contributed by atoms with Gasteiger partial charge in [0, 0.05) is 41.3 Å². The number of nitrogens with one attached hydrogen (secondary N) is 1. The van der Waals surface area contributed by atoms with Gasteiger partial charge in [-0.15, -0.1) is 0 Å². The number of aromatic nitrogens is 3. The number of nitrogens with zero attached hydrogens (tertiary/aromatic N) is 3. The van der Waals surface area contributed by atoms with Crippen LogP contribution in [-0.2, 0) is 30.7 Å². The summed E-state index contributed by atoms with van der Waals surface area (Å²) in [7, 11) is 0. The van der Waals surface area contributed by atoms with Crippen LogP contribution in [0.5, 0.6) is 0 Å². The van der Waals surface area contributed by atoms with Crippen molar-refractivity contribution in [3.05, 3.63) is 58.8 Å². The zero-order valence-electron chi connectivity index (χ0n) is 15.0. The molecular formula is C21H22N4O. The van der Waals surface area contributed by atoms with Gasteiger partial charge in [0.1, 0.15) is 5.82 Å². The van der Waals surface area contributed by atoms with Gasteiger partial charge in [0.05, 0.1) is 18.2 Å². The molecule has 3 aromatic rings. The quantitative estimate of drug-likeness (QED) is 0.773. The van der Waals surface area contributed by atoms with Gasteiger partial charge in [-0.25, -0.2) is 9.97 Å². The fourth-order valence-electron chi connectivity index (χ4n) is 4.40. The molecule has 1 N–H and O–H groups in total. The second-order valence-electron chi connectivity index (χ2n) is 7.31. The summed E-state index contributed by atoms with van der Waals surface area (Å²) in [6.07, 6.45) is 5.74. The number of amides is 1. The van der Waals surface area contributed by atoms with Gasteiger partial charge in [-0.05, 0) is 30.9 Å². The standard InChI is InChI=1S/C21H22N4O/c1-2-19-22-10-13-11-25(12-18(13)23-19)21(26)16-8-5-7-15-14-6-3-4-9-17(14)24-20(15)16/h3-4,6,9-10,16,24H,2,5,7-8,11-12H2,1H3. The molecule has 1 amide bonds. The number of hydrogen-bond acceptors (Lipinski definition) is 3. The first-order chi connectivity index (χ1) is 12.7. The molecule has 5 heteroatoms. The van der Waals surface area contributed by atoms with Gasteiger partial charge < -0.3 is 9.88 Å². The van der Waals surface area contributed by atoms with Gasteiger partial charge in [-0.1, -0.05) is 25.1 Å². The van der Waals surface area contributed by atoms with Gasteiger partial charge in [0.15, 0.2) is 0 Å². The monoisotopic (exact) mass is 346 g/mol.